The first-order valence-corrected chi connectivity index (χ1v) is 8.74. The molecule has 0 bridgehead atoms. The van der Waals surface area contributed by atoms with Gasteiger partial charge in [-0.15, -0.1) is 0 Å². The standard InChI is InChI=1S/C17H33NO3/c1-4-8-18-15-12-16(17(15)20-10-9-19-3)21-14-7-5-6-13(2)11-14/h13-18H,4-12H2,1-3H3. The van der Waals surface area contributed by atoms with E-state index in [0.29, 0.717) is 25.4 Å². The van der Waals surface area contributed by atoms with Gasteiger partial charge in [0.2, 0.25) is 0 Å². The zero-order chi connectivity index (χ0) is 15.1. The van der Waals surface area contributed by atoms with Gasteiger partial charge in [0.15, 0.2) is 0 Å². The maximum atomic E-state index is 6.35. The Kier molecular flexibility index (Phi) is 7.44. The molecule has 4 heteroatoms. The van der Waals surface area contributed by atoms with Crippen molar-refractivity contribution in [2.45, 2.75) is 76.7 Å². The molecule has 0 radical (unpaired) electrons. The average molecular weight is 299 g/mol. The molecular weight excluding hydrogens is 266 g/mol. The van der Waals surface area contributed by atoms with E-state index in [2.05, 4.69) is 19.2 Å². The molecule has 0 aromatic heterocycles. The molecule has 0 amide bonds. The second-order valence-electron chi connectivity index (χ2n) is 6.69. The fourth-order valence-electron chi connectivity index (χ4n) is 3.48. The molecule has 21 heavy (non-hydrogen) atoms. The second-order valence-corrected chi connectivity index (χ2v) is 6.69. The minimum Gasteiger partial charge on any atom is -0.382 e. The third-order valence-electron chi connectivity index (χ3n) is 4.76. The Morgan fingerprint density at radius 2 is 2.00 bits per heavy atom. The number of hydrogen-bond acceptors (Lipinski definition) is 4. The Hall–Kier alpha value is -0.160. The summed E-state index contributed by atoms with van der Waals surface area (Å²) in [6, 6.07) is 0.452. The summed E-state index contributed by atoms with van der Waals surface area (Å²) in [5, 5.41) is 3.58. The Morgan fingerprint density at radius 1 is 1.14 bits per heavy atom. The molecule has 0 aliphatic heterocycles. The molecule has 124 valence electrons. The lowest BCUT2D eigenvalue weighted by molar-refractivity contribution is -0.177. The highest BCUT2D eigenvalue weighted by atomic mass is 16.6. The third-order valence-corrected chi connectivity index (χ3v) is 4.76. The van der Waals surface area contributed by atoms with Gasteiger partial charge in [-0.25, -0.2) is 0 Å². The highest BCUT2D eigenvalue weighted by Crippen LogP contribution is 2.33. The van der Waals surface area contributed by atoms with Crippen molar-refractivity contribution in [2.75, 3.05) is 26.9 Å². The molecule has 2 aliphatic carbocycles. The summed E-state index contributed by atoms with van der Waals surface area (Å²) in [7, 11) is 1.72. The predicted molar refractivity (Wildman–Crippen MR) is 84.6 cm³/mol. The van der Waals surface area contributed by atoms with Crippen LogP contribution in [0.2, 0.25) is 0 Å². The maximum Gasteiger partial charge on any atom is 0.0991 e. The molecule has 0 spiro atoms. The first-order valence-electron chi connectivity index (χ1n) is 8.74. The molecule has 0 heterocycles. The van der Waals surface area contributed by atoms with Crippen LogP contribution in [0.25, 0.3) is 0 Å². The van der Waals surface area contributed by atoms with Crippen LogP contribution in [-0.2, 0) is 14.2 Å². The minimum absolute atomic E-state index is 0.198. The van der Waals surface area contributed by atoms with Gasteiger partial charge in [0, 0.05) is 13.2 Å². The smallest absolute Gasteiger partial charge is 0.0991 e. The van der Waals surface area contributed by atoms with Gasteiger partial charge in [-0.3, -0.25) is 0 Å². The van der Waals surface area contributed by atoms with Crippen LogP contribution in [0.4, 0.5) is 0 Å². The highest BCUT2D eigenvalue weighted by molar-refractivity contribution is 4.98. The molecule has 0 saturated heterocycles. The van der Waals surface area contributed by atoms with Crippen LogP contribution in [-0.4, -0.2) is 51.2 Å². The van der Waals surface area contributed by atoms with E-state index in [-0.39, 0.29) is 12.2 Å². The van der Waals surface area contributed by atoms with E-state index in [1.54, 1.807) is 7.11 Å². The van der Waals surface area contributed by atoms with Crippen molar-refractivity contribution >= 4 is 0 Å². The summed E-state index contributed by atoms with van der Waals surface area (Å²) in [5.74, 6) is 0.811. The van der Waals surface area contributed by atoms with Crippen molar-refractivity contribution in [3.63, 3.8) is 0 Å². The molecule has 2 aliphatic rings. The van der Waals surface area contributed by atoms with E-state index in [1.807, 2.05) is 0 Å². The van der Waals surface area contributed by atoms with E-state index in [1.165, 1.54) is 25.7 Å². The first-order chi connectivity index (χ1) is 10.2. The van der Waals surface area contributed by atoms with E-state index in [4.69, 9.17) is 14.2 Å². The van der Waals surface area contributed by atoms with Gasteiger partial charge in [0.05, 0.1) is 31.5 Å². The van der Waals surface area contributed by atoms with Gasteiger partial charge in [0.1, 0.15) is 0 Å². The van der Waals surface area contributed by atoms with Crippen molar-refractivity contribution in [1.29, 1.82) is 0 Å². The molecule has 0 aromatic carbocycles. The lowest BCUT2D eigenvalue weighted by atomic mass is 9.83. The summed E-state index contributed by atoms with van der Waals surface area (Å²) in [4.78, 5) is 0. The summed E-state index contributed by atoms with van der Waals surface area (Å²) in [5.41, 5.74) is 0. The molecule has 5 unspecified atom stereocenters. The second kappa shape index (κ2) is 9.09. The number of ether oxygens (including phenoxy) is 3. The van der Waals surface area contributed by atoms with Crippen LogP contribution in [0, 0.1) is 5.92 Å². The predicted octanol–water partition coefficient (Wildman–Crippen LogP) is 2.75. The Bertz CT molecular complexity index is 287. The number of rotatable bonds is 9. The molecule has 5 atom stereocenters. The highest BCUT2D eigenvalue weighted by Gasteiger charge is 2.43. The Morgan fingerprint density at radius 3 is 2.71 bits per heavy atom. The number of hydrogen-bond donors (Lipinski definition) is 1. The lowest BCUT2D eigenvalue weighted by Gasteiger charge is -2.46. The zero-order valence-electron chi connectivity index (χ0n) is 14.0. The van der Waals surface area contributed by atoms with Crippen molar-refractivity contribution in [3.8, 4) is 0 Å². The zero-order valence-corrected chi connectivity index (χ0v) is 14.0. The largest absolute Gasteiger partial charge is 0.382 e. The van der Waals surface area contributed by atoms with E-state index >= 15 is 0 Å². The first kappa shape index (κ1) is 17.2. The fourth-order valence-corrected chi connectivity index (χ4v) is 3.48. The molecule has 1 N–H and O–H groups in total. The van der Waals surface area contributed by atoms with Crippen LogP contribution in [0.3, 0.4) is 0 Å². The van der Waals surface area contributed by atoms with E-state index in [0.717, 1.165) is 25.3 Å². The van der Waals surface area contributed by atoms with Crippen LogP contribution >= 0.6 is 0 Å². The topological polar surface area (TPSA) is 39.7 Å². The van der Waals surface area contributed by atoms with Gasteiger partial charge >= 0.3 is 0 Å². The van der Waals surface area contributed by atoms with Crippen molar-refractivity contribution in [1.82, 2.24) is 5.32 Å². The van der Waals surface area contributed by atoms with Crippen LogP contribution < -0.4 is 5.32 Å². The summed E-state index contributed by atoms with van der Waals surface area (Å²) >= 11 is 0. The van der Waals surface area contributed by atoms with Crippen molar-refractivity contribution in [3.05, 3.63) is 0 Å². The van der Waals surface area contributed by atoms with E-state index < -0.39 is 0 Å². The Labute approximate surface area is 129 Å². The van der Waals surface area contributed by atoms with Crippen LogP contribution in [0.5, 0.6) is 0 Å². The van der Waals surface area contributed by atoms with Gasteiger partial charge in [-0.1, -0.05) is 26.7 Å². The molecular formula is C17H33NO3. The third kappa shape index (κ3) is 5.20. The number of nitrogens with one attached hydrogen (secondary N) is 1. The summed E-state index contributed by atoms with van der Waals surface area (Å²) < 4.78 is 17.4. The van der Waals surface area contributed by atoms with Gasteiger partial charge < -0.3 is 19.5 Å². The molecule has 2 rings (SSSR count). The fraction of sp³-hybridized carbons (Fsp3) is 1.00. The van der Waals surface area contributed by atoms with Crippen molar-refractivity contribution < 1.29 is 14.2 Å². The van der Waals surface area contributed by atoms with Crippen LogP contribution in [0.15, 0.2) is 0 Å². The SMILES string of the molecule is CCCNC1CC(OC2CCCC(C)C2)C1OCCOC. The molecule has 0 aromatic rings. The lowest BCUT2D eigenvalue weighted by Crippen LogP contribution is -2.61. The summed E-state index contributed by atoms with van der Waals surface area (Å²) in [6.07, 6.45) is 8.27. The monoisotopic (exact) mass is 299 g/mol. The quantitative estimate of drug-likeness (QED) is 0.665. The maximum absolute atomic E-state index is 6.35. The van der Waals surface area contributed by atoms with Gasteiger partial charge in [-0.2, -0.15) is 0 Å². The van der Waals surface area contributed by atoms with Crippen molar-refractivity contribution in [2.24, 2.45) is 5.92 Å². The minimum atomic E-state index is 0.198. The molecule has 2 saturated carbocycles. The van der Waals surface area contributed by atoms with Crippen LogP contribution in [0.1, 0.15) is 52.4 Å². The van der Waals surface area contributed by atoms with Gasteiger partial charge in [-0.05, 0) is 38.1 Å². The van der Waals surface area contributed by atoms with Gasteiger partial charge in [0.25, 0.3) is 0 Å². The molecule has 2 fully saturated rings. The summed E-state index contributed by atoms with van der Waals surface area (Å²) in [6.45, 7) is 6.91. The Balaban J connectivity index is 1.77. The molecule has 4 nitrogen and oxygen atoms in total. The number of methoxy groups -OCH3 is 1. The average Bonchev–Trinajstić information content (AvgIpc) is 2.46. The normalized spacial score (nSPS) is 36.4. The van der Waals surface area contributed by atoms with E-state index in [9.17, 15) is 0 Å².